The van der Waals surface area contributed by atoms with Gasteiger partial charge < -0.3 is 5.32 Å². The number of nitrogens with zero attached hydrogens (tertiary/aromatic N) is 3. The second-order valence-corrected chi connectivity index (χ2v) is 8.51. The third kappa shape index (κ3) is 5.12. The van der Waals surface area contributed by atoms with Gasteiger partial charge in [0.05, 0.1) is 22.0 Å². The molecule has 2 aromatic heterocycles. The van der Waals surface area contributed by atoms with E-state index in [1.807, 2.05) is 13.0 Å². The number of anilines is 1. The van der Waals surface area contributed by atoms with E-state index in [0.717, 1.165) is 21.1 Å². The highest BCUT2D eigenvalue weighted by Crippen LogP contribution is 2.34. The third-order valence-corrected chi connectivity index (χ3v) is 6.41. The molecule has 0 radical (unpaired) electrons. The van der Waals surface area contributed by atoms with Gasteiger partial charge in [-0.2, -0.15) is 0 Å². The zero-order valence-corrected chi connectivity index (χ0v) is 17.9. The van der Waals surface area contributed by atoms with E-state index >= 15 is 0 Å². The van der Waals surface area contributed by atoms with Crippen LogP contribution in [0.3, 0.4) is 0 Å². The molecule has 9 heteroatoms. The van der Waals surface area contributed by atoms with Crippen LogP contribution in [0.15, 0.2) is 65.7 Å². The smallest absolute Gasteiger partial charge is 0.234 e. The van der Waals surface area contributed by atoms with Crippen LogP contribution in [-0.4, -0.2) is 26.8 Å². The second-order valence-electron chi connectivity index (χ2n) is 6.51. The first-order chi connectivity index (χ1) is 15.0. The topological polar surface area (TPSA) is 67.8 Å². The van der Waals surface area contributed by atoms with Crippen LogP contribution in [0.5, 0.6) is 0 Å². The van der Waals surface area contributed by atoms with E-state index in [4.69, 9.17) is 0 Å². The van der Waals surface area contributed by atoms with Gasteiger partial charge in [-0.25, -0.2) is 13.8 Å². The van der Waals surface area contributed by atoms with Crippen LogP contribution in [0.1, 0.15) is 5.69 Å². The zero-order valence-electron chi connectivity index (χ0n) is 16.3. The molecule has 0 atom stereocenters. The van der Waals surface area contributed by atoms with E-state index in [-0.39, 0.29) is 23.2 Å². The second kappa shape index (κ2) is 9.32. The van der Waals surface area contributed by atoms with Crippen molar-refractivity contribution in [2.45, 2.75) is 11.9 Å². The quantitative estimate of drug-likeness (QED) is 0.385. The Kier molecular flexibility index (Phi) is 6.34. The summed E-state index contributed by atoms with van der Waals surface area (Å²) in [5.41, 5.74) is 2.46. The summed E-state index contributed by atoms with van der Waals surface area (Å²) < 4.78 is 26.8. The molecular formula is C22H16F2N4OS2. The van der Waals surface area contributed by atoms with Gasteiger partial charge in [-0.05, 0) is 55.5 Å². The molecule has 0 aliphatic rings. The normalized spacial score (nSPS) is 10.8. The number of thiazole rings is 1. The van der Waals surface area contributed by atoms with Crippen LogP contribution in [0.2, 0.25) is 0 Å². The lowest BCUT2D eigenvalue weighted by Gasteiger charge is -2.05. The van der Waals surface area contributed by atoms with Gasteiger partial charge in [0.15, 0.2) is 0 Å². The fraction of sp³-hybridized carbons (Fsp3) is 0.0909. The number of carbonyl (C=O) groups is 1. The highest BCUT2D eigenvalue weighted by molar-refractivity contribution is 7.99. The number of thioether (sulfide) groups is 1. The highest BCUT2D eigenvalue weighted by Gasteiger charge is 2.14. The first-order valence-electron chi connectivity index (χ1n) is 9.24. The van der Waals surface area contributed by atoms with E-state index in [0.29, 0.717) is 10.7 Å². The third-order valence-electron chi connectivity index (χ3n) is 4.26. The minimum Gasteiger partial charge on any atom is -0.323 e. The van der Waals surface area contributed by atoms with Gasteiger partial charge >= 0.3 is 0 Å². The average molecular weight is 455 g/mol. The molecule has 156 valence electrons. The fourth-order valence-electron chi connectivity index (χ4n) is 2.76. The van der Waals surface area contributed by atoms with Crippen LogP contribution >= 0.6 is 23.1 Å². The minimum atomic E-state index is -0.482. The predicted octanol–water partition coefficient (Wildman–Crippen LogP) is 5.58. The highest BCUT2D eigenvalue weighted by atomic mass is 32.2. The summed E-state index contributed by atoms with van der Waals surface area (Å²) in [5, 5.41) is 12.3. The number of nitrogens with one attached hydrogen (secondary N) is 1. The van der Waals surface area contributed by atoms with Crippen molar-refractivity contribution in [3.05, 3.63) is 78.0 Å². The molecule has 0 spiro atoms. The Hall–Kier alpha value is -3.17. The molecule has 2 heterocycles. The van der Waals surface area contributed by atoms with Crippen LogP contribution in [0.4, 0.5) is 14.5 Å². The number of benzene rings is 2. The summed E-state index contributed by atoms with van der Waals surface area (Å²) in [6.45, 7) is 1.89. The van der Waals surface area contributed by atoms with Crippen molar-refractivity contribution in [1.82, 2.24) is 15.2 Å². The first-order valence-corrected chi connectivity index (χ1v) is 11.0. The Bertz CT molecular complexity index is 1210. The molecular weight excluding hydrogens is 438 g/mol. The molecule has 1 amide bonds. The van der Waals surface area contributed by atoms with Crippen LogP contribution in [0, 0.1) is 18.6 Å². The SMILES string of the molecule is Cc1nc(-c2ccc(F)cc2)sc1-c1ccc(SCC(=O)Nc2ccccc2F)nn1. The van der Waals surface area contributed by atoms with Gasteiger partial charge in [0.2, 0.25) is 5.91 Å². The summed E-state index contributed by atoms with van der Waals surface area (Å²) >= 11 is 2.67. The maximum absolute atomic E-state index is 13.6. The van der Waals surface area contributed by atoms with Crippen LogP contribution in [-0.2, 0) is 4.79 Å². The summed E-state index contributed by atoms with van der Waals surface area (Å²) in [4.78, 5) is 17.5. The first kappa shape index (κ1) is 21.1. The number of amides is 1. The Morgan fingerprint density at radius 2 is 1.81 bits per heavy atom. The monoisotopic (exact) mass is 454 g/mol. The Balaban J connectivity index is 1.41. The lowest BCUT2D eigenvalue weighted by atomic mass is 10.2. The van der Waals surface area contributed by atoms with Crippen molar-refractivity contribution in [2.24, 2.45) is 0 Å². The molecule has 0 aliphatic heterocycles. The van der Waals surface area contributed by atoms with Gasteiger partial charge in [-0.1, -0.05) is 23.9 Å². The van der Waals surface area contributed by atoms with E-state index in [1.54, 1.807) is 30.3 Å². The van der Waals surface area contributed by atoms with Crippen LogP contribution in [0.25, 0.3) is 21.1 Å². The zero-order chi connectivity index (χ0) is 21.8. The Morgan fingerprint density at radius 3 is 2.52 bits per heavy atom. The molecule has 4 rings (SSSR count). The maximum atomic E-state index is 13.6. The fourth-order valence-corrected chi connectivity index (χ4v) is 4.41. The van der Waals surface area contributed by atoms with Gasteiger partial charge in [-0.15, -0.1) is 21.5 Å². The molecule has 0 fully saturated rings. The molecule has 31 heavy (non-hydrogen) atoms. The van der Waals surface area contributed by atoms with Crippen molar-refractivity contribution in [2.75, 3.05) is 11.1 Å². The molecule has 0 unspecified atom stereocenters. The van der Waals surface area contributed by atoms with Gasteiger partial charge in [0, 0.05) is 5.56 Å². The number of hydrogen-bond donors (Lipinski definition) is 1. The number of halogens is 2. The summed E-state index contributed by atoms with van der Waals surface area (Å²) in [6, 6.07) is 15.8. The van der Waals surface area contributed by atoms with Gasteiger partial charge in [0.1, 0.15) is 27.4 Å². The number of rotatable bonds is 6. The molecule has 1 N–H and O–H groups in total. The minimum absolute atomic E-state index is 0.0800. The standard InChI is InChI=1S/C22H16F2N4OS2/c1-13-21(31-22(25-13)14-6-8-15(23)9-7-14)18-10-11-20(28-27-18)30-12-19(29)26-17-5-3-2-4-16(17)24/h2-11H,12H2,1H3,(H,26,29). The number of carbonyl (C=O) groups excluding carboxylic acids is 1. The van der Waals surface area contributed by atoms with E-state index in [2.05, 4.69) is 20.5 Å². The molecule has 0 saturated heterocycles. The lowest BCUT2D eigenvalue weighted by molar-refractivity contribution is -0.113. The predicted molar refractivity (Wildman–Crippen MR) is 119 cm³/mol. The number of para-hydroxylation sites is 1. The number of aromatic nitrogens is 3. The maximum Gasteiger partial charge on any atom is 0.234 e. The Labute approximate surface area is 185 Å². The lowest BCUT2D eigenvalue weighted by Crippen LogP contribution is -2.15. The largest absolute Gasteiger partial charge is 0.323 e. The van der Waals surface area contributed by atoms with Crippen molar-refractivity contribution in [1.29, 1.82) is 0 Å². The van der Waals surface area contributed by atoms with Crippen molar-refractivity contribution < 1.29 is 13.6 Å². The summed E-state index contributed by atoms with van der Waals surface area (Å²) in [7, 11) is 0. The van der Waals surface area contributed by atoms with E-state index < -0.39 is 5.82 Å². The summed E-state index contributed by atoms with van der Waals surface area (Å²) in [6.07, 6.45) is 0. The molecule has 5 nitrogen and oxygen atoms in total. The molecule has 4 aromatic rings. The van der Waals surface area contributed by atoms with Gasteiger partial charge in [-0.3, -0.25) is 4.79 Å². The van der Waals surface area contributed by atoms with Gasteiger partial charge in [0.25, 0.3) is 0 Å². The molecule has 0 aliphatic carbocycles. The summed E-state index contributed by atoms with van der Waals surface area (Å²) in [5.74, 6) is -1.02. The van der Waals surface area contributed by atoms with E-state index in [1.165, 1.54) is 47.4 Å². The Morgan fingerprint density at radius 1 is 1.03 bits per heavy atom. The number of hydrogen-bond acceptors (Lipinski definition) is 6. The average Bonchev–Trinajstić information content (AvgIpc) is 3.16. The molecule has 2 aromatic carbocycles. The van der Waals surface area contributed by atoms with Crippen LogP contribution < -0.4 is 5.32 Å². The van der Waals surface area contributed by atoms with Crippen molar-refractivity contribution >= 4 is 34.7 Å². The van der Waals surface area contributed by atoms with Crippen molar-refractivity contribution in [3.63, 3.8) is 0 Å². The van der Waals surface area contributed by atoms with E-state index in [9.17, 15) is 13.6 Å². The molecule has 0 saturated carbocycles. The van der Waals surface area contributed by atoms with Crippen molar-refractivity contribution in [3.8, 4) is 21.1 Å². The number of aryl methyl sites for hydroxylation is 1. The molecule has 0 bridgehead atoms.